The van der Waals surface area contributed by atoms with Crippen LogP contribution >= 0.6 is 31.9 Å². The number of ether oxygens (including phenoxy) is 1. The standard InChI is InChI=1S/C10H10Br2F3NO/c11-7-3-6(5-16)4-8(12)9(7)17-2-1-10(13,14)15/h3-4H,1-2,5,16H2. The van der Waals surface area contributed by atoms with Crippen molar-refractivity contribution in [3.63, 3.8) is 0 Å². The van der Waals surface area contributed by atoms with Gasteiger partial charge in [-0.05, 0) is 49.6 Å². The van der Waals surface area contributed by atoms with Crippen LogP contribution in [0.3, 0.4) is 0 Å². The topological polar surface area (TPSA) is 35.2 Å². The minimum atomic E-state index is -4.21. The van der Waals surface area contributed by atoms with Gasteiger partial charge in [0.25, 0.3) is 0 Å². The van der Waals surface area contributed by atoms with Gasteiger partial charge < -0.3 is 10.5 Å². The molecule has 0 spiro atoms. The maximum absolute atomic E-state index is 12.0. The summed E-state index contributed by atoms with van der Waals surface area (Å²) in [4.78, 5) is 0. The number of benzene rings is 1. The fourth-order valence-corrected chi connectivity index (χ4v) is 2.65. The van der Waals surface area contributed by atoms with E-state index in [1.807, 2.05) is 0 Å². The molecule has 0 aliphatic rings. The summed E-state index contributed by atoms with van der Waals surface area (Å²) in [6.07, 6.45) is -5.19. The van der Waals surface area contributed by atoms with Gasteiger partial charge in [0.1, 0.15) is 5.75 Å². The van der Waals surface area contributed by atoms with E-state index in [0.29, 0.717) is 21.2 Å². The van der Waals surface area contributed by atoms with Gasteiger partial charge >= 0.3 is 6.18 Å². The Bertz CT molecular complexity index is 373. The molecule has 0 aliphatic carbocycles. The maximum atomic E-state index is 12.0. The van der Waals surface area contributed by atoms with Crippen LogP contribution in [0.4, 0.5) is 13.2 Å². The average molecular weight is 377 g/mol. The second-order valence-corrected chi connectivity index (χ2v) is 5.02. The molecule has 1 aromatic carbocycles. The van der Waals surface area contributed by atoms with Crippen molar-refractivity contribution in [2.45, 2.75) is 19.1 Å². The lowest BCUT2D eigenvalue weighted by molar-refractivity contribution is -0.139. The number of hydrogen-bond acceptors (Lipinski definition) is 2. The predicted octanol–water partition coefficient (Wildman–Crippen LogP) is 4.00. The van der Waals surface area contributed by atoms with E-state index in [2.05, 4.69) is 31.9 Å². The highest BCUT2D eigenvalue weighted by Crippen LogP contribution is 2.35. The van der Waals surface area contributed by atoms with Crippen molar-refractivity contribution < 1.29 is 17.9 Å². The zero-order valence-corrected chi connectivity index (χ0v) is 11.8. The van der Waals surface area contributed by atoms with Crippen molar-refractivity contribution in [1.82, 2.24) is 0 Å². The van der Waals surface area contributed by atoms with Crippen molar-refractivity contribution in [3.05, 3.63) is 26.6 Å². The first kappa shape index (κ1) is 14.8. The largest absolute Gasteiger partial charge is 0.491 e. The number of alkyl halides is 3. The molecule has 0 radical (unpaired) electrons. The SMILES string of the molecule is NCc1cc(Br)c(OCCC(F)(F)F)c(Br)c1. The summed E-state index contributed by atoms with van der Waals surface area (Å²) in [6.45, 7) is -0.0668. The Labute approximate surface area is 114 Å². The molecule has 0 heterocycles. The van der Waals surface area contributed by atoms with Crippen molar-refractivity contribution in [2.75, 3.05) is 6.61 Å². The van der Waals surface area contributed by atoms with Gasteiger partial charge in [-0.15, -0.1) is 0 Å². The Kier molecular flexibility index (Phi) is 5.27. The summed E-state index contributed by atoms with van der Waals surface area (Å²) in [5.41, 5.74) is 6.32. The maximum Gasteiger partial charge on any atom is 0.392 e. The normalized spacial score (nSPS) is 11.6. The molecular weight excluding hydrogens is 367 g/mol. The molecule has 0 unspecified atom stereocenters. The molecule has 0 aliphatic heterocycles. The van der Waals surface area contributed by atoms with Gasteiger partial charge in [-0.1, -0.05) is 0 Å². The molecule has 7 heteroatoms. The van der Waals surface area contributed by atoms with Crippen LogP contribution in [0.25, 0.3) is 0 Å². The second-order valence-electron chi connectivity index (χ2n) is 3.31. The van der Waals surface area contributed by atoms with E-state index in [1.54, 1.807) is 12.1 Å². The monoisotopic (exact) mass is 375 g/mol. The zero-order valence-electron chi connectivity index (χ0n) is 8.65. The molecule has 0 fully saturated rings. The summed E-state index contributed by atoms with van der Waals surface area (Å²) in [7, 11) is 0. The fraction of sp³-hybridized carbons (Fsp3) is 0.400. The quantitative estimate of drug-likeness (QED) is 0.861. The van der Waals surface area contributed by atoms with Crippen LogP contribution in [-0.2, 0) is 6.54 Å². The van der Waals surface area contributed by atoms with Crippen LogP contribution in [0.15, 0.2) is 21.1 Å². The van der Waals surface area contributed by atoms with Crippen molar-refractivity contribution >= 4 is 31.9 Å². The molecule has 96 valence electrons. The summed E-state index contributed by atoms with van der Waals surface area (Å²) >= 11 is 6.46. The van der Waals surface area contributed by atoms with Gasteiger partial charge in [0.05, 0.1) is 22.0 Å². The number of hydrogen-bond donors (Lipinski definition) is 1. The fourth-order valence-electron chi connectivity index (χ4n) is 1.14. The van der Waals surface area contributed by atoms with E-state index in [9.17, 15) is 13.2 Å². The van der Waals surface area contributed by atoms with Crippen LogP contribution in [0, 0.1) is 0 Å². The van der Waals surface area contributed by atoms with Crippen molar-refractivity contribution in [1.29, 1.82) is 0 Å². The van der Waals surface area contributed by atoms with Crippen molar-refractivity contribution in [3.8, 4) is 5.75 Å². The van der Waals surface area contributed by atoms with E-state index in [1.165, 1.54) is 0 Å². The Balaban J connectivity index is 2.72. The lowest BCUT2D eigenvalue weighted by Crippen LogP contribution is -2.13. The highest BCUT2D eigenvalue weighted by molar-refractivity contribution is 9.11. The molecule has 0 bridgehead atoms. The van der Waals surface area contributed by atoms with Gasteiger partial charge in [0, 0.05) is 6.54 Å². The van der Waals surface area contributed by atoms with E-state index < -0.39 is 19.2 Å². The van der Waals surface area contributed by atoms with Gasteiger partial charge in [-0.3, -0.25) is 0 Å². The first-order valence-corrected chi connectivity index (χ1v) is 6.29. The zero-order chi connectivity index (χ0) is 13.1. The third-order valence-corrected chi connectivity index (χ3v) is 3.10. The molecule has 1 aromatic rings. The van der Waals surface area contributed by atoms with Crippen LogP contribution in [0.5, 0.6) is 5.75 Å². The molecule has 1 rings (SSSR count). The third kappa shape index (κ3) is 4.85. The average Bonchev–Trinajstić information content (AvgIpc) is 2.20. The third-order valence-electron chi connectivity index (χ3n) is 1.93. The molecule has 0 saturated carbocycles. The van der Waals surface area contributed by atoms with Crippen LogP contribution in [-0.4, -0.2) is 12.8 Å². The number of halogens is 5. The first-order chi connectivity index (χ1) is 7.83. The van der Waals surface area contributed by atoms with Crippen LogP contribution in [0.2, 0.25) is 0 Å². The van der Waals surface area contributed by atoms with E-state index in [-0.39, 0.29) is 0 Å². The van der Waals surface area contributed by atoms with E-state index in [4.69, 9.17) is 10.5 Å². The minimum absolute atomic E-state index is 0.347. The molecule has 17 heavy (non-hydrogen) atoms. The smallest absolute Gasteiger partial charge is 0.392 e. The van der Waals surface area contributed by atoms with Gasteiger partial charge in [-0.25, -0.2) is 0 Å². The Hall–Kier alpha value is -0.270. The molecule has 0 amide bonds. The summed E-state index contributed by atoms with van der Waals surface area (Å²) in [5, 5.41) is 0. The molecule has 2 N–H and O–H groups in total. The molecule has 0 saturated heterocycles. The van der Waals surface area contributed by atoms with Crippen LogP contribution < -0.4 is 10.5 Å². The summed E-state index contributed by atoms with van der Waals surface area (Å²) in [5.74, 6) is 0.353. The summed E-state index contributed by atoms with van der Waals surface area (Å²) < 4.78 is 42.1. The minimum Gasteiger partial charge on any atom is -0.491 e. The highest BCUT2D eigenvalue weighted by atomic mass is 79.9. The summed E-state index contributed by atoms with van der Waals surface area (Å²) in [6, 6.07) is 3.43. The lowest BCUT2D eigenvalue weighted by atomic mass is 10.2. The van der Waals surface area contributed by atoms with E-state index in [0.717, 1.165) is 5.56 Å². The second kappa shape index (κ2) is 6.06. The van der Waals surface area contributed by atoms with Gasteiger partial charge in [-0.2, -0.15) is 13.2 Å². The lowest BCUT2D eigenvalue weighted by Gasteiger charge is -2.12. The molecule has 0 atom stereocenters. The Morgan fingerprint density at radius 2 is 1.71 bits per heavy atom. The highest BCUT2D eigenvalue weighted by Gasteiger charge is 2.27. The molecule has 2 nitrogen and oxygen atoms in total. The molecule has 0 aromatic heterocycles. The van der Waals surface area contributed by atoms with Crippen LogP contribution in [0.1, 0.15) is 12.0 Å². The Morgan fingerprint density at radius 1 is 1.18 bits per heavy atom. The molecular formula is C10H10Br2F3NO. The first-order valence-electron chi connectivity index (χ1n) is 4.71. The number of nitrogens with two attached hydrogens (primary N) is 1. The van der Waals surface area contributed by atoms with Gasteiger partial charge in [0.2, 0.25) is 0 Å². The van der Waals surface area contributed by atoms with Crippen molar-refractivity contribution in [2.24, 2.45) is 5.73 Å². The van der Waals surface area contributed by atoms with E-state index >= 15 is 0 Å². The predicted molar refractivity (Wildman–Crippen MR) is 65.9 cm³/mol. The van der Waals surface area contributed by atoms with Gasteiger partial charge in [0.15, 0.2) is 0 Å². The number of rotatable bonds is 4. The Morgan fingerprint density at radius 3 is 2.12 bits per heavy atom.